The lowest BCUT2D eigenvalue weighted by Crippen LogP contribution is -2.39. The molecule has 0 fully saturated rings. The molecule has 0 saturated carbocycles. The summed E-state index contributed by atoms with van der Waals surface area (Å²) in [7, 11) is -3.99. The summed E-state index contributed by atoms with van der Waals surface area (Å²) >= 11 is 0. The van der Waals surface area contributed by atoms with Gasteiger partial charge < -0.3 is 19.1 Å². The van der Waals surface area contributed by atoms with E-state index >= 15 is 0 Å². The fourth-order valence-corrected chi connectivity index (χ4v) is 4.74. The third-order valence-corrected chi connectivity index (χ3v) is 6.67. The molecule has 0 saturated heterocycles. The van der Waals surface area contributed by atoms with Crippen LogP contribution in [0.3, 0.4) is 0 Å². The van der Waals surface area contributed by atoms with E-state index in [1.54, 1.807) is 4.90 Å². The molecular formula is C22H24N2O7S. The van der Waals surface area contributed by atoms with Crippen LogP contribution in [0.4, 0.5) is 5.69 Å². The van der Waals surface area contributed by atoms with Gasteiger partial charge in [0, 0.05) is 24.2 Å². The number of hydrogen-bond donors (Lipinski definition) is 1. The summed E-state index contributed by atoms with van der Waals surface area (Å²) in [6.45, 7) is 1.76. The van der Waals surface area contributed by atoms with E-state index in [1.807, 2.05) is 31.2 Å². The second-order valence-electron chi connectivity index (χ2n) is 7.59. The Morgan fingerprint density at radius 1 is 1.12 bits per heavy atom. The zero-order valence-corrected chi connectivity index (χ0v) is 18.4. The molecule has 9 nitrogen and oxygen atoms in total. The third kappa shape index (κ3) is 4.71. The van der Waals surface area contributed by atoms with Crippen molar-refractivity contribution >= 4 is 27.6 Å². The van der Waals surface area contributed by atoms with Gasteiger partial charge in [-0.3, -0.25) is 9.59 Å². The first-order valence-corrected chi connectivity index (χ1v) is 11.8. The van der Waals surface area contributed by atoms with Crippen molar-refractivity contribution in [1.29, 1.82) is 0 Å². The molecule has 1 amide bonds. The van der Waals surface area contributed by atoms with E-state index in [-0.39, 0.29) is 16.8 Å². The summed E-state index contributed by atoms with van der Waals surface area (Å²) in [6, 6.07) is 11.8. The molecule has 2 aliphatic heterocycles. The van der Waals surface area contributed by atoms with Gasteiger partial charge in [-0.15, -0.1) is 0 Å². The Hall–Kier alpha value is -3.11. The van der Waals surface area contributed by atoms with E-state index in [4.69, 9.17) is 14.2 Å². The van der Waals surface area contributed by atoms with Gasteiger partial charge >= 0.3 is 5.97 Å². The molecule has 32 heavy (non-hydrogen) atoms. The van der Waals surface area contributed by atoms with Crippen LogP contribution >= 0.6 is 0 Å². The predicted molar refractivity (Wildman–Crippen MR) is 115 cm³/mol. The second kappa shape index (κ2) is 9.17. The lowest BCUT2D eigenvalue weighted by atomic mass is 10.1. The van der Waals surface area contributed by atoms with Gasteiger partial charge in [-0.1, -0.05) is 18.2 Å². The van der Waals surface area contributed by atoms with Crippen LogP contribution in [0, 0.1) is 0 Å². The van der Waals surface area contributed by atoms with Crippen LogP contribution in [-0.4, -0.2) is 52.7 Å². The van der Waals surface area contributed by atoms with Crippen LogP contribution in [0.5, 0.6) is 11.5 Å². The summed E-state index contributed by atoms with van der Waals surface area (Å²) in [5.41, 5.74) is 1.86. The van der Waals surface area contributed by atoms with E-state index in [0.717, 1.165) is 17.7 Å². The lowest BCUT2D eigenvalue weighted by molar-refractivity contribution is -0.146. The molecular weight excluding hydrogens is 436 g/mol. The van der Waals surface area contributed by atoms with Crippen LogP contribution in [0.2, 0.25) is 0 Å². The quantitative estimate of drug-likeness (QED) is 0.653. The topological polar surface area (TPSA) is 111 Å². The number of amides is 1. The normalized spacial score (nSPS) is 17.4. The molecule has 2 heterocycles. The van der Waals surface area contributed by atoms with Gasteiger partial charge in [0.1, 0.15) is 6.54 Å². The van der Waals surface area contributed by atoms with Crippen LogP contribution in [0.25, 0.3) is 0 Å². The highest BCUT2D eigenvalue weighted by Gasteiger charge is 2.31. The van der Waals surface area contributed by atoms with Gasteiger partial charge in [0.05, 0.1) is 18.1 Å². The number of ether oxygens (including phenoxy) is 3. The minimum absolute atomic E-state index is 0.0449. The Labute approximate surface area is 186 Å². The van der Waals surface area contributed by atoms with Crippen LogP contribution in [-0.2, 0) is 30.8 Å². The minimum atomic E-state index is -3.99. The van der Waals surface area contributed by atoms with E-state index < -0.39 is 29.1 Å². The Morgan fingerprint density at radius 2 is 1.88 bits per heavy atom. The van der Waals surface area contributed by atoms with Crippen LogP contribution in [0.15, 0.2) is 47.4 Å². The number of sulfonamides is 1. The van der Waals surface area contributed by atoms with Crippen molar-refractivity contribution in [3.05, 3.63) is 48.0 Å². The van der Waals surface area contributed by atoms with E-state index in [9.17, 15) is 18.0 Å². The molecule has 1 N–H and O–H groups in total. The molecule has 2 aromatic rings. The first-order valence-electron chi connectivity index (χ1n) is 10.3. The fourth-order valence-electron chi connectivity index (χ4n) is 3.76. The SMILES string of the molecule is C[C@H]1Cc2ccccc2N1C(=O)COC(=O)CNS(=O)(=O)c1ccc2c(c1)OCCCO2. The van der Waals surface area contributed by atoms with Gasteiger partial charge in [-0.05, 0) is 37.1 Å². The zero-order chi connectivity index (χ0) is 22.7. The number of carbonyl (C=O) groups excluding carboxylic acids is 2. The number of hydrogen-bond acceptors (Lipinski definition) is 7. The first-order chi connectivity index (χ1) is 15.3. The second-order valence-corrected chi connectivity index (χ2v) is 9.36. The third-order valence-electron chi connectivity index (χ3n) is 5.27. The molecule has 2 aromatic carbocycles. The predicted octanol–water partition coefficient (Wildman–Crippen LogP) is 1.65. The van der Waals surface area contributed by atoms with Crippen molar-refractivity contribution in [1.82, 2.24) is 4.72 Å². The number of rotatable bonds is 6. The first kappa shape index (κ1) is 22.1. The monoisotopic (exact) mass is 460 g/mol. The highest BCUT2D eigenvalue weighted by Crippen LogP contribution is 2.32. The number of para-hydroxylation sites is 1. The summed E-state index contributed by atoms with van der Waals surface area (Å²) in [5.74, 6) is -0.409. The Balaban J connectivity index is 1.32. The van der Waals surface area contributed by atoms with Crippen molar-refractivity contribution in [3.8, 4) is 11.5 Å². The highest BCUT2D eigenvalue weighted by molar-refractivity contribution is 7.89. The van der Waals surface area contributed by atoms with Crippen molar-refractivity contribution < 1.29 is 32.2 Å². The van der Waals surface area contributed by atoms with Crippen molar-refractivity contribution in [2.75, 3.05) is 31.3 Å². The summed E-state index contributed by atoms with van der Waals surface area (Å²) < 4.78 is 43.3. The Bertz CT molecular complexity index is 1130. The van der Waals surface area contributed by atoms with Gasteiger partial charge in [0.15, 0.2) is 18.1 Å². The van der Waals surface area contributed by atoms with E-state index in [0.29, 0.717) is 31.1 Å². The maximum Gasteiger partial charge on any atom is 0.321 e. The number of nitrogens with one attached hydrogen (secondary N) is 1. The molecule has 4 rings (SSSR count). The van der Waals surface area contributed by atoms with E-state index in [2.05, 4.69) is 4.72 Å². The van der Waals surface area contributed by atoms with E-state index in [1.165, 1.54) is 18.2 Å². The number of benzene rings is 2. The average molecular weight is 461 g/mol. The smallest absolute Gasteiger partial charge is 0.321 e. The molecule has 0 spiro atoms. The summed E-state index contributed by atoms with van der Waals surface area (Å²) in [5, 5.41) is 0. The molecule has 0 radical (unpaired) electrons. The highest BCUT2D eigenvalue weighted by atomic mass is 32.2. The number of nitrogens with zero attached hydrogens (tertiary/aromatic N) is 1. The Kier molecular flexibility index (Phi) is 6.33. The molecule has 2 aliphatic rings. The molecule has 0 bridgehead atoms. The maximum atomic E-state index is 12.6. The molecule has 0 unspecified atom stereocenters. The van der Waals surface area contributed by atoms with Crippen molar-refractivity contribution in [3.63, 3.8) is 0 Å². The van der Waals surface area contributed by atoms with Crippen LogP contribution in [0.1, 0.15) is 18.9 Å². The Morgan fingerprint density at radius 3 is 2.69 bits per heavy atom. The number of anilines is 1. The van der Waals surface area contributed by atoms with Crippen LogP contribution < -0.4 is 19.1 Å². The average Bonchev–Trinajstić information content (AvgIpc) is 2.94. The number of fused-ring (bicyclic) bond motifs is 2. The largest absolute Gasteiger partial charge is 0.490 e. The zero-order valence-electron chi connectivity index (χ0n) is 17.6. The minimum Gasteiger partial charge on any atom is -0.490 e. The number of esters is 1. The standard InChI is InChI=1S/C22H24N2O7S/c1-15-11-16-5-2-3-6-18(16)24(15)21(25)14-31-22(26)13-23-32(27,28)17-7-8-19-20(12-17)30-10-4-9-29-19/h2-3,5-8,12,15,23H,4,9-11,13-14H2,1H3/t15-/m0/s1. The molecule has 0 aromatic heterocycles. The number of carbonyl (C=O) groups is 2. The lowest BCUT2D eigenvalue weighted by Gasteiger charge is -2.22. The molecule has 170 valence electrons. The van der Waals surface area contributed by atoms with Crippen molar-refractivity contribution in [2.24, 2.45) is 0 Å². The maximum absolute atomic E-state index is 12.6. The summed E-state index contributed by atoms with van der Waals surface area (Å²) in [6.07, 6.45) is 1.42. The van der Waals surface area contributed by atoms with Gasteiger partial charge in [0.2, 0.25) is 10.0 Å². The fraction of sp³-hybridized carbons (Fsp3) is 0.364. The molecule has 1 atom stereocenters. The van der Waals surface area contributed by atoms with Gasteiger partial charge in [-0.2, -0.15) is 4.72 Å². The van der Waals surface area contributed by atoms with Gasteiger partial charge in [-0.25, -0.2) is 8.42 Å². The molecule has 0 aliphatic carbocycles. The summed E-state index contributed by atoms with van der Waals surface area (Å²) in [4.78, 5) is 26.2. The van der Waals surface area contributed by atoms with Crippen molar-refractivity contribution in [2.45, 2.75) is 30.7 Å². The van der Waals surface area contributed by atoms with Gasteiger partial charge in [0.25, 0.3) is 5.91 Å². The molecule has 10 heteroatoms.